The van der Waals surface area contributed by atoms with Crippen LogP contribution in [-0.4, -0.2) is 24.8 Å². The summed E-state index contributed by atoms with van der Waals surface area (Å²) in [6, 6.07) is 8.28. The number of nitrogens with zero attached hydrogens (tertiary/aromatic N) is 2. The van der Waals surface area contributed by atoms with E-state index >= 15 is 0 Å². The number of hydrogen-bond donors (Lipinski definition) is 0. The quantitative estimate of drug-likeness (QED) is 0.572. The molecule has 0 aliphatic carbocycles. The van der Waals surface area contributed by atoms with Crippen molar-refractivity contribution in [1.29, 1.82) is 0 Å². The van der Waals surface area contributed by atoms with E-state index in [1.807, 2.05) is 37.9 Å². The average molecular weight is 316 g/mol. The highest BCUT2D eigenvalue weighted by Crippen LogP contribution is 2.26. The molecule has 0 amide bonds. The Labute approximate surface area is 136 Å². The minimum Gasteiger partial charge on any atom is -0.366 e. The van der Waals surface area contributed by atoms with E-state index in [-0.39, 0.29) is 0 Å². The van der Waals surface area contributed by atoms with Crippen LogP contribution in [0.15, 0.2) is 35.3 Å². The van der Waals surface area contributed by atoms with Crippen molar-refractivity contribution in [3.63, 3.8) is 0 Å². The van der Waals surface area contributed by atoms with Crippen LogP contribution in [0, 0.1) is 25.5 Å². The van der Waals surface area contributed by atoms with Crippen molar-refractivity contribution in [2.24, 2.45) is 4.99 Å². The number of benzene rings is 2. The summed E-state index contributed by atoms with van der Waals surface area (Å²) in [5, 5.41) is 0. The van der Waals surface area contributed by atoms with Gasteiger partial charge in [-0.15, -0.1) is 0 Å². The normalized spacial score (nSPS) is 11.2. The van der Waals surface area contributed by atoms with Gasteiger partial charge in [-0.25, -0.2) is 13.8 Å². The van der Waals surface area contributed by atoms with Gasteiger partial charge in [0.15, 0.2) is 11.6 Å². The fraction of sp³-hybridized carbons (Fsp3) is 0.316. The first-order valence-electron chi connectivity index (χ1n) is 7.69. The van der Waals surface area contributed by atoms with Gasteiger partial charge in [0.25, 0.3) is 0 Å². The van der Waals surface area contributed by atoms with Gasteiger partial charge in [0.2, 0.25) is 0 Å². The molecule has 122 valence electrons. The molecule has 0 saturated carbocycles. The van der Waals surface area contributed by atoms with E-state index in [4.69, 9.17) is 0 Å². The van der Waals surface area contributed by atoms with Crippen LogP contribution < -0.4 is 0 Å². The molecule has 0 saturated heterocycles. The third-order valence-electron chi connectivity index (χ3n) is 3.96. The van der Waals surface area contributed by atoms with Gasteiger partial charge in [-0.05, 0) is 55.2 Å². The second-order valence-corrected chi connectivity index (χ2v) is 5.77. The lowest BCUT2D eigenvalue weighted by molar-refractivity contribution is 0.500. The molecule has 2 rings (SSSR count). The Kier molecular flexibility index (Phi) is 5.48. The Balaban J connectivity index is 2.30. The van der Waals surface area contributed by atoms with E-state index in [1.54, 1.807) is 12.4 Å². The van der Waals surface area contributed by atoms with Crippen LogP contribution in [0.25, 0.3) is 0 Å². The van der Waals surface area contributed by atoms with Gasteiger partial charge >= 0.3 is 0 Å². The zero-order valence-electron chi connectivity index (χ0n) is 14.0. The Morgan fingerprint density at radius 1 is 1.09 bits per heavy atom. The summed E-state index contributed by atoms with van der Waals surface area (Å²) in [7, 11) is 1.97. The van der Waals surface area contributed by atoms with E-state index < -0.39 is 11.6 Å². The molecule has 0 heterocycles. The highest BCUT2D eigenvalue weighted by molar-refractivity contribution is 5.64. The van der Waals surface area contributed by atoms with Gasteiger partial charge in [-0.2, -0.15) is 0 Å². The van der Waals surface area contributed by atoms with E-state index in [1.165, 1.54) is 6.07 Å². The predicted octanol–water partition coefficient (Wildman–Crippen LogP) is 4.78. The molecular weight excluding hydrogens is 294 g/mol. The molecular formula is C19H22F2N2. The van der Waals surface area contributed by atoms with Crippen molar-refractivity contribution in [2.75, 3.05) is 13.6 Å². The van der Waals surface area contributed by atoms with Crippen molar-refractivity contribution in [3.05, 3.63) is 64.2 Å². The summed E-state index contributed by atoms with van der Waals surface area (Å²) in [6.45, 7) is 6.89. The third-order valence-corrected chi connectivity index (χ3v) is 3.96. The van der Waals surface area contributed by atoms with Gasteiger partial charge in [0.05, 0.1) is 12.0 Å². The van der Waals surface area contributed by atoms with Gasteiger partial charge in [-0.3, -0.25) is 0 Å². The molecule has 0 N–H and O–H groups in total. The zero-order valence-corrected chi connectivity index (χ0v) is 14.0. The summed E-state index contributed by atoms with van der Waals surface area (Å²) in [5.74, 6) is -1.57. The number of aliphatic imine (C=N–C) groups is 1. The molecule has 0 aliphatic heterocycles. The predicted molar refractivity (Wildman–Crippen MR) is 91.5 cm³/mol. The molecule has 2 nitrogen and oxygen atoms in total. The maximum absolute atomic E-state index is 13.8. The molecule has 0 atom stereocenters. The number of rotatable bonds is 5. The number of hydrogen-bond acceptors (Lipinski definition) is 1. The lowest BCUT2D eigenvalue weighted by atomic mass is 9.97. The van der Waals surface area contributed by atoms with Gasteiger partial charge in [0, 0.05) is 20.0 Å². The van der Waals surface area contributed by atoms with Crippen LogP contribution in [0.3, 0.4) is 0 Å². The summed E-state index contributed by atoms with van der Waals surface area (Å²) in [6.07, 6.45) is 2.17. The molecule has 0 spiro atoms. The van der Waals surface area contributed by atoms with E-state index in [0.717, 1.165) is 35.0 Å². The first kappa shape index (κ1) is 17.1. The maximum Gasteiger partial charge on any atom is 0.162 e. The van der Waals surface area contributed by atoms with Gasteiger partial charge in [-0.1, -0.05) is 18.2 Å². The zero-order chi connectivity index (χ0) is 17.0. The topological polar surface area (TPSA) is 15.6 Å². The molecule has 23 heavy (non-hydrogen) atoms. The van der Waals surface area contributed by atoms with Crippen LogP contribution in [0.1, 0.15) is 29.2 Å². The molecule has 0 bridgehead atoms. The van der Waals surface area contributed by atoms with Crippen LogP contribution in [-0.2, 0) is 6.42 Å². The summed E-state index contributed by atoms with van der Waals surface area (Å²) >= 11 is 0. The fourth-order valence-corrected chi connectivity index (χ4v) is 2.32. The third kappa shape index (κ3) is 4.15. The van der Waals surface area contributed by atoms with Crippen LogP contribution in [0.2, 0.25) is 0 Å². The second-order valence-electron chi connectivity index (χ2n) is 5.77. The van der Waals surface area contributed by atoms with Crippen molar-refractivity contribution in [2.45, 2.75) is 27.2 Å². The highest BCUT2D eigenvalue weighted by Gasteiger charge is 2.11. The minimum atomic E-state index is -0.805. The van der Waals surface area contributed by atoms with E-state index in [2.05, 4.69) is 11.9 Å². The van der Waals surface area contributed by atoms with Crippen molar-refractivity contribution in [1.82, 2.24) is 4.90 Å². The molecule has 0 aliphatic rings. The summed E-state index contributed by atoms with van der Waals surface area (Å²) in [5.41, 5.74) is 4.28. The van der Waals surface area contributed by atoms with Crippen molar-refractivity contribution in [3.8, 4) is 0 Å². The van der Waals surface area contributed by atoms with Crippen molar-refractivity contribution < 1.29 is 8.78 Å². The maximum atomic E-state index is 13.8. The molecule has 0 unspecified atom stereocenters. The molecule has 0 aromatic heterocycles. The lowest BCUT2D eigenvalue weighted by Crippen LogP contribution is -2.14. The van der Waals surface area contributed by atoms with Gasteiger partial charge in [0.1, 0.15) is 0 Å². The lowest BCUT2D eigenvalue weighted by Gasteiger charge is -2.12. The largest absolute Gasteiger partial charge is 0.366 e. The van der Waals surface area contributed by atoms with Gasteiger partial charge < -0.3 is 4.90 Å². The standard InChI is InChI=1S/C19H22F2N2/c1-5-23(4)12-22-18-10-13(2)16(9-14(18)3)11-15-7-6-8-17(20)19(15)21/h6-10,12H,5,11H2,1-4H3/b22-12-. The molecule has 0 radical (unpaired) electrons. The SMILES string of the molecule is CCN(C)/C=N\c1cc(C)c(Cc2cccc(F)c2F)cc1C. The first-order valence-corrected chi connectivity index (χ1v) is 7.69. The van der Waals surface area contributed by atoms with Crippen LogP contribution >= 0.6 is 0 Å². The summed E-state index contributed by atoms with van der Waals surface area (Å²) in [4.78, 5) is 6.47. The Morgan fingerprint density at radius 2 is 1.83 bits per heavy atom. The number of halogens is 2. The van der Waals surface area contributed by atoms with E-state index in [9.17, 15) is 8.78 Å². The first-order chi connectivity index (χ1) is 10.9. The average Bonchev–Trinajstić information content (AvgIpc) is 2.53. The Bertz CT molecular complexity index is 724. The van der Waals surface area contributed by atoms with Crippen molar-refractivity contribution >= 4 is 12.0 Å². The number of aryl methyl sites for hydroxylation is 2. The van der Waals surface area contributed by atoms with Crippen LogP contribution in [0.5, 0.6) is 0 Å². The molecule has 2 aromatic rings. The Hall–Kier alpha value is -2.23. The smallest absolute Gasteiger partial charge is 0.162 e. The fourth-order valence-electron chi connectivity index (χ4n) is 2.32. The van der Waals surface area contributed by atoms with E-state index in [0.29, 0.717) is 12.0 Å². The highest BCUT2D eigenvalue weighted by atomic mass is 19.2. The second kappa shape index (κ2) is 7.36. The molecule has 4 heteroatoms. The summed E-state index contributed by atoms with van der Waals surface area (Å²) < 4.78 is 27.2. The molecule has 2 aromatic carbocycles. The Morgan fingerprint density at radius 3 is 2.52 bits per heavy atom. The molecule has 0 fully saturated rings. The van der Waals surface area contributed by atoms with Crippen LogP contribution in [0.4, 0.5) is 14.5 Å². The monoisotopic (exact) mass is 316 g/mol. The minimum absolute atomic E-state index is 0.370.